The van der Waals surface area contributed by atoms with Gasteiger partial charge in [0.2, 0.25) is 0 Å². The number of aromatic nitrogens is 1. The van der Waals surface area contributed by atoms with Gasteiger partial charge in [-0.25, -0.2) is 9.18 Å². The summed E-state index contributed by atoms with van der Waals surface area (Å²) in [5, 5.41) is 6.32. The molecule has 2 aromatic carbocycles. The molecule has 0 aliphatic carbocycles. The number of fused-ring (bicyclic) bond motifs is 1. The molecule has 0 unspecified atom stereocenters. The van der Waals surface area contributed by atoms with Crippen LogP contribution < -0.4 is 10.6 Å². The number of hydrogen-bond donors (Lipinski definition) is 2. The highest BCUT2D eigenvalue weighted by molar-refractivity contribution is 6.04. The smallest absolute Gasteiger partial charge is 0.308 e. The van der Waals surface area contributed by atoms with E-state index in [4.69, 9.17) is 0 Å². The number of para-hydroxylation sites is 1. The van der Waals surface area contributed by atoms with Crippen molar-refractivity contribution in [2.75, 3.05) is 10.6 Å². The zero-order valence-electron chi connectivity index (χ0n) is 11.0. The summed E-state index contributed by atoms with van der Waals surface area (Å²) in [4.78, 5) is 16.2. The third kappa shape index (κ3) is 2.97. The maximum Gasteiger partial charge on any atom is 0.323 e. The van der Waals surface area contributed by atoms with Gasteiger partial charge in [-0.2, -0.15) is 0 Å². The number of halogens is 1. The molecule has 0 bridgehead atoms. The second-order valence-electron chi connectivity index (χ2n) is 4.47. The third-order valence-electron chi connectivity index (χ3n) is 2.98. The van der Waals surface area contributed by atoms with Crippen LogP contribution in [0.2, 0.25) is 0 Å². The predicted octanol–water partition coefficient (Wildman–Crippen LogP) is 4.02. The number of carbonyl (C=O) groups is 1. The molecule has 0 atom stereocenters. The molecular weight excluding hydrogens is 269 g/mol. The van der Waals surface area contributed by atoms with Crippen molar-refractivity contribution >= 4 is 28.3 Å². The van der Waals surface area contributed by atoms with Gasteiger partial charge in [-0.15, -0.1) is 0 Å². The van der Waals surface area contributed by atoms with Gasteiger partial charge in [-0.1, -0.05) is 18.2 Å². The average molecular weight is 281 g/mol. The first-order valence-corrected chi connectivity index (χ1v) is 6.40. The number of benzene rings is 2. The molecule has 0 aliphatic heterocycles. The van der Waals surface area contributed by atoms with E-state index in [0.29, 0.717) is 16.9 Å². The number of rotatable bonds is 2. The largest absolute Gasteiger partial charge is 0.323 e. The first-order valence-electron chi connectivity index (χ1n) is 6.40. The minimum atomic E-state index is -0.403. The van der Waals surface area contributed by atoms with E-state index in [9.17, 15) is 9.18 Å². The molecule has 104 valence electrons. The molecule has 4 nitrogen and oxygen atoms in total. The fourth-order valence-electron chi connectivity index (χ4n) is 2.02. The molecule has 0 radical (unpaired) electrons. The van der Waals surface area contributed by atoms with E-state index in [1.807, 2.05) is 24.3 Å². The van der Waals surface area contributed by atoms with Crippen LogP contribution in [0.5, 0.6) is 0 Å². The summed E-state index contributed by atoms with van der Waals surface area (Å²) in [7, 11) is 0. The SMILES string of the molecule is O=C(Nc1ccc(F)cc1)Nc1cccc2cccnc12. The van der Waals surface area contributed by atoms with Crippen LogP contribution in [0.3, 0.4) is 0 Å². The number of anilines is 2. The van der Waals surface area contributed by atoms with Gasteiger partial charge in [0.1, 0.15) is 5.82 Å². The Balaban J connectivity index is 1.79. The van der Waals surface area contributed by atoms with E-state index in [1.165, 1.54) is 24.3 Å². The minimum Gasteiger partial charge on any atom is -0.308 e. The van der Waals surface area contributed by atoms with Gasteiger partial charge in [0.25, 0.3) is 0 Å². The molecule has 0 saturated carbocycles. The van der Waals surface area contributed by atoms with Crippen LogP contribution in [0, 0.1) is 5.82 Å². The van der Waals surface area contributed by atoms with Crippen molar-refractivity contribution < 1.29 is 9.18 Å². The van der Waals surface area contributed by atoms with Crippen LogP contribution in [-0.4, -0.2) is 11.0 Å². The Morgan fingerprint density at radius 3 is 2.52 bits per heavy atom. The summed E-state index contributed by atoms with van der Waals surface area (Å²) in [6.07, 6.45) is 1.67. The molecule has 0 aliphatic rings. The molecule has 21 heavy (non-hydrogen) atoms. The Morgan fingerprint density at radius 2 is 1.71 bits per heavy atom. The summed E-state index contributed by atoms with van der Waals surface area (Å²) in [5.74, 6) is -0.348. The highest BCUT2D eigenvalue weighted by atomic mass is 19.1. The summed E-state index contributed by atoms with van der Waals surface area (Å²) in [5.41, 5.74) is 1.85. The van der Waals surface area contributed by atoms with Gasteiger partial charge in [0.15, 0.2) is 0 Å². The maximum absolute atomic E-state index is 12.8. The van der Waals surface area contributed by atoms with Crippen molar-refractivity contribution in [3.8, 4) is 0 Å². The lowest BCUT2D eigenvalue weighted by atomic mass is 10.2. The van der Waals surface area contributed by atoms with Gasteiger partial charge < -0.3 is 10.6 Å². The molecule has 0 spiro atoms. The lowest BCUT2D eigenvalue weighted by Gasteiger charge is -2.09. The van der Waals surface area contributed by atoms with E-state index in [-0.39, 0.29) is 5.82 Å². The second-order valence-corrected chi connectivity index (χ2v) is 4.47. The Kier molecular flexibility index (Phi) is 3.47. The third-order valence-corrected chi connectivity index (χ3v) is 2.98. The monoisotopic (exact) mass is 281 g/mol. The van der Waals surface area contributed by atoms with Gasteiger partial charge in [-0.05, 0) is 36.4 Å². The number of hydrogen-bond acceptors (Lipinski definition) is 2. The van der Waals surface area contributed by atoms with E-state index < -0.39 is 6.03 Å². The number of urea groups is 1. The molecule has 2 amide bonds. The van der Waals surface area contributed by atoms with Crippen LogP contribution in [0.15, 0.2) is 60.8 Å². The number of pyridine rings is 1. The number of nitrogens with one attached hydrogen (secondary N) is 2. The Labute approximate surface area is 120 Å². The zero-order chi connectivity index (χ0) is 14.7. The summed E-state index contributed by atoms with van der Waals surface area (Å²) < 4.78 is 12.8. The lowest BCUT2D eigenvalue weighted by Crippen LogP contribution is -2.19. The second kappa shape index (κ2) is 5.58. The Morgan fingerprint density at radius 1 is 0.952 bits per heavy atom. The van der Waals surface area contributed by atoms with Gasteiger partial charge in [-0.3, -0.25) is 4.98 Å². The first-order chi connectivity index (χ1) is 10.2. The number of nitrogens with zero attached hydrogens (tertiary/aromatic N) is 1. The fourth-order valence-corrected chi connectivity index (χ4v) is 2.02. The van der Waals surface area contributed by atoms with E-state index in [0.717, 1.165) is 5.39 Å². The van der Waals surface area contributed by atoms with Crippen LogP contribution in [0.4, 0.5) is 20.6 Å². The zero-order valence-corrected chi connectivity index (χ0v) is 11.0. The molecule has 1 aromatic heterocycles. The number of amides is 2. The van der Waals surface area contributed by atoms with Crippen molar-refractivity contribution in [3.63, 3.8) is 0 Å². The average Bonchev–Trinajstić information content (AvgIpc) is 2.50. The van der Waals surface area contributed by atoms with E-state index >= 15 is 0 Å². The van der Waals surface area contributed by atoms with Crippen molar-refractivity contribution in [1.82, 2.24) is 4.98 Å². The minimum absolute atomic E-state index is 0.348. The standard InChI is InChI=1S/C16H12FN3O/c17-12-6-8-13(9-7-12)19-16(21)20-14-5-1-3-11-4-2-10-18-15(11)14/h1-10H,(H2,19,20,21). The molecule has 3 aromatic rings. The maximum atomic E-state index is 12.8. The van der Waals surface area contributed by atoms with Crippen LogP contribution >= 0.6 is 0 Å². The fraction of sp³-hybridized carbons (Fsp3) is 0. The Bertz CT molecular complexity index is 782. The van der Waals surface area contributed by atoms with Crippen molar-refractivity contribution in [2.45, 2.75) is 0 Å². The predicted molar refractivity (Wildman–Crippen MR) is 80.8 cm³/mol. The van der Waals surface area contributed by atoms with Gasteiger partial charge >= 0.3 is 6.03 Å². The molecule has 2 N–H and O–H groups in total. The topological polar surface area (TPSA) is 54.0 Å². The molecular formula is C16H12FN3O. The highest BCUT2D eigenvalue weighted by Gasteiger charge is 2.06. The first kappa shape index (κ1) is 13.1. The van der Waals surface area contributed by atoms with Gasteiger partial charge in [0.05, 0.1) is 11.2 Å². The normalized spacial score (nSPS) is 10.3. The number of carbonyl (C=O) groups excluding carboxylic acids is 1. The molecule has 1 heterocycles. The molecule has 3 rings (SSSR count). The summed E-state index contributed by atoms with van der Waals surface area (Å²) in [6, 6.07) is 14.5. The Hall–Kier alpha value is -2.95. The quantitative estimate of drug-likeness (QED) is 0.745. The van der Waals surface area contributed by atoms with Crippen LogP contribution in [-0.2, 0) is 0 Å². The lowest BCUT2D eigenvalue weighted by molar-refractivity contribution is 0.262. The molecule has 5 heteroatoms. The van der Waals surface area contributed by atoms with Crippen molar-refractivity contribution in [1.29, 1.82) is 0 Å². The van der Waals surface area contributed by atoms with Crippen LogP contribution in [0.1, 0.15) is 0 Å². The van der Waals surface area contributed by atoms with E-state index in [2.05, 4.69) is 15.6 Å². The van der Waals surface area contributed by atoms with Crippen molar-refractivity contribution in [2.24, 2.45) is 0 Å². The highest BCUT2D eigenvalue weighted by Crippen LogP contribution is 2.20. The molecule has 0 saturated heterocycles. The summed E-state index contributed by atoms with van der Waals surface area (Å²) >= 11 is 0. The van der Waals surface area contributed by atoms with Crippen LogP contribution in [0.25, 0.3) is 10.9 Å². The summed E-state index contributed by atoms with van der Waals surface area (Å²) in [6.45, 7) is 0. The van der Waals surface area contributed by atoms with E-state index in [1.54, 1.807) is 12.3 Å². The van der Waals surface area contributed by atoms with Gasteiger partial charge in [0, 0.05) is 17.3 Å². The van der Waals surface area contributed by atoms with Crippen molar-refractivity contribution in [3.05, 3.63) is 66.6 Å². The molecule has 0 fully saturated rings.